The number of aromatic nitrogens is 2. The van der Waals surface area contributed by atoms with Crippen LogP contribution in [0, 0.1) is 5.92 Å². The molecule has 1 aliphatic heterocycles. The van der Waals surface area contributed by atoms with Crippen LogP contribution in [0.1, 0.15) is 56.4 Å². The first-order valence-electron chi connectivity index (χ1n) is 6.67. The second-order valence-electron chi connectivity index (χ2n) is 5.63. The van der Waals surface area contributed by atoms with Crippen molar-refractivity contribution in [2.75, 3.05) is 6.54 Å². The van der Waals surface area contributed by atoms with Crippen molar-refractivity contribution in [2.45, 2.75) is 53.0 Å². The number of hydrogen-bond acceptors (Lipinski definition) is 3. The maximum absolute atomic E-state index is 4.79. The van der Waals surface area contributed by atoms with Gasteiger partial charge < -0.3 is 5.32 Å². The van der Waals surface area contributed by atoms with Gasteiger partial charge in [0.05, 0.1) is 11.4 Å². The van der Waals surface area contributed by atoms with Crippen molar-refractivity contribution in [2.24, 2.45) is 5.92 Å². The zero-order valence-corrected chi connectivity index (χ0v) is 11.4. The molecule has 0 unspecified atom stereocenters. The van der Waals surface area contributed by atoms with E-state index in [4.69, 9.17) is 9.97 Å². The lowest BCUT2D eigenvalue weighted by Crippen LogP contribution is -2.27. The van der Waals surface area contributed by atoms with Crippen molar-refractivity contribution in [3.05, 3.63) is 22.8 Å². The maximum Gasteiger partial charge on any atom is 0.129 e. The largest absolute Gasteiger partial charge is 0.311 e. The highest BCUT2D eigenvalue weighted by Crippen LogP contribution is 2.23. The van der Waals surface area contributed by atoms with Crippen LogP contribution in [-0.4, -0.2) is 16.5 Å². The molecule has 0 fully saturated rings. The van der Waals surface area contributed by atoms with Crippen LogP contribution in [0.3, 0.4) is 0 Å². The van der Waals surface area contributed by atoms with E-state index in [1.807, 2.05) is 0 Å². The Balaban J connectivity index is 2.41. The average Bonchev–Trinajstić information content (AvgIpc) is 2.27. The summed E-state index contributed by atoms with van der Waals surface area (Å²) in [6.07, 6.45) is 2.05. The summed E-state index contributed by atoms with van der Waals surface area (Å²) in [6, 6.07) is 0. The van der Waals surface area contributed by atoms with Crippen LogP contribution in [0.4, 0.5) is 0 Å². The summed E-state index contributed by atoms with van der Waals surface area (Å²) in [6.45, 7) is 10.8. The number of hydrogen-bond donors (Lipinski definition) is 1. The molecule has 0 amide bonds. The number of rotatable bonds is 3. The van der Waals surface area contributed by atoms with Crippen molar-refractivity contribution in [1.29, 1.82) is 0 Å². The maximum atomic E-state index is 4.79. The second-order valence-corrected chi connectivity index (χ2v) is 5.63. The molecule has 0 radical (unpaired) electrons. The zero-order valence-electron chi connectivity index (χ0n) is 11.4. The van der Waals surface area contributed by atoms with E-state index in [0.29, 0.717) is 11.8 Å². The SMILES string of the molecule is CC(C)Cc1nc2c(c(C(C)C)n1)CCNC2. The first-order chi connectivity index (χ1) is 8.08. The van der Waals surface area contributed by atoms with Crippen molar-refractivity contribution in [3.63, 3.8) is 0 Å². The molecular weight excluding hydrogens is 210 g/mol. The van der Waals surface area contributed by atoms with Crippen molar-refractivity contribution >= 4 is 0 Å². The van der Waals surface area contributed by atoms with Crippen LogP contribution in [0.2, 0.25) is 0 Å². The van der Waals surface area contributed by atoms with Crippen LogP contribution in [0.15, 0.2) is 0 Å². The quantitative estimate of drug-likeness (QED) is 0.871. The fourth-order valence-electron chi connectivity index (χ4n) is 2.38. The third kappa shape index (κ3) is 2.83. The minimum absolute atomic E-state index is 0.496. The van der Waals surface area contributed by atoms with Gasteiger partial charge in [0.2, 0.25) is 0 Å². The molecular formula is C14H23N3. The molecule has 1 aromatic rings. The van der Waals surface area contributed by atoms with E-state index in [0.717, 1.165) is 31.8 Å². The summed E-state index contributed by atoms with van der Waals surface area (Å²) in [5.41, 5.74) is 3.89. The van der Waals surface area contributed by atoms with Crippen LogP contribution >= 0.6 is 0 Å². The molecule has 0 saturated carbocycles. The van der Waals surface area contributed by atoms with Gasteiger partial charge in [-0.2, -0.15) is 0 Å². The Labute approximate surface area is 104 Å². The molecule has 0 aromatic carbocycles. The van der Waals surface area contributed by atoms with E-state index in [1.165, 1.54) is 17.0 Å². The Bertz CT molecular complexity index is 397. The standard InChI is InChI=1S/C14H23N3/c1-9(2)7-13-16-12-8-15-6-5-11(12)14(17-13)10(3)4/h9-10,15H,5-8H2,1-4H3. The third-order valence-electron chi connectivity index (χ3n) is 3.15. The first-order valence-corrected chi connectivity index (χ1v) is 6.67. The fourth-order valence-corrected chi connectivity index (χ4v) is 2.38. The molecule has 94 valence electrons. The van der Waals surface area contributed by atoms with Crippen molar-refractivity contribution in [1.82, 2.24) is 15.3 Å². The van der Waals surface area contributed by atoms with Gasteiger partial charge in [-0.25, -0.2) is 9.97 Å². The van der Waals surface area contributed by atoms with Gasteiger partial charge in [0.25, 0.3) is 0 Å². The Morgan fingerprint density at radius 1 is 1.18 bits per heavy atom. The molecule has 17 heavy (non-hydrogen) atoms. The van der Waals surface area contributed by atoms with Crippen LogP contribution in [0.25, 0.3) is 0 Å². The number of nitrogens with one attached hydrogen (secondary N) is 1. The number of fused-ring (bicyclic) bond motifs is 1. The minimum atomic E-state index is 0.496. The smallest absolute Gasteiger partial charge is 0.129 e. The normalized spacial score (nSPS) is 15.4. The lowest BCUT2D eigenvalue weighted by atomic mass is 9.97. The summed E-state index contributed by atoms with van der Waals surface area (Å²) >= 11 is 0. The van der Waals surface area contributed by atoms with Crippen LogP contribution in [0.5, 0.6) is 0 Å². The summed E-state index contributed by atoms with van der Waals surface area (Å²) in [7, 11) is 0. The predicted molar refractivity (Wildman–Crippen MR) is 70.1 cm³/mol. The van der Waals surface area contributed by atoms with E-state index in [9.17, 15) is 0 Å². The topological polar surface area (TPSA) is 37.8 Å². The molecule has 3 nitrogen and oxygen atoms in total. The Morgan fingerprint density at radius 2 is 1.94 bits per heavy atom. The highest BCUT2D eigenvalue weighted by atomic mass is 15.0. The summed E-state index contributed by atoms with van der Waals surface area (Å²) in [5, 5.41) is 3.40. The number of nitrogens with zero attached hydrogens (tertiary/aromatic N) is 2. The molecule has 0 saturated heterocycles. The highest BCUT2D eigenvalue weighted by Gasteiger charge is 2.19. The summed E-state index contributed by atoms with van der Waals surface area (Å²) in [4.78, 5) is 9.51. The summed E-state index contributed by atoms with van der Waals surface area (Å²) < 4.78 is 0. The molecule has 2 rings (SSSR count). The monoisotopic (exact) mass is 233 g/mol. The molecule has 0 spiro atoms. The lowest BCUT2D eigenvalue weighted by molar-refractivity contribution is 0.574. The summed E-state index contributed by atoms with van der Waals surface area (Å²) in [5.74, 6) is 2.13. The molecule has 2 heterocycles. The van der Waals surface area contributed by atoms with E-state index in [1.54, 1.807) is 0 Å². The molecule has 1 aliphatic rings. The van der Waals surface area contributed by atoms with Gasteiger partial charge >= 0.3 is 0 Å². The molecule has 3 heteroatoms. The molecule has 0 bridgehead atoms. The van der Waals surface area contributed by atoms with Gasteiger partial charge in [0.1, 0.15) is 5.82 Å². The van der Waals surface area contributed by atoms with Crippen molar-refractivity contribution in [3.8, 4) is 0 Å². The molecule has 1 aromatic heterocycles. The Hall–Kier alpha value is -0.960. The van der Waals surface area contributed by atoms with Gasteiger partial charge in [-0.05, 0) is 30.4 Å². The lowest BCUT2D eigenvalue weighted by Gasteiger charge is -2.22. The minimum Gasteiger partial charge on any atom is -0.311 e. The van der Waals surface area contributed by atoms with E-state index < -0.39 is 0 Å². The highest BCUT2D eigenvalue weighted by molar-refractivity contribution is 5.30. The zero-order chi connectivity index (χ0) is 12.4. The Kier molecular flexibility index (Phi) is 3.77. The third-order valence-corrected chi connectivity index (χ3v) is 3.15. The van der Waals surface area contributed by atoms with Crippen molar-refractivity contribution < 1.29 is 0 Å². The van der Waals surface area contributed by atoms with Gasteiger partial charge in [0.15, 0.2) is 0 Å². The molecule has 0 atom stereocenters. The van der Waals surface area contributed by atoms with E-state index in [2.05, 4.69) is 33.0 Å². The molecule has 0 aliphatic carbocycles. The van der Waals surface area contributed by atoms with Gasteiger partial charge in [-0.1, -0.05) is 27.7 Å². The second kappa shape index (κ2) is 5.13. The van der Waals surface area contributed by atoms with Crippen LogP contribution < -0.4 is 5.32 Å². The van der Waals surface area contributed by atoms with E-state index >= 15 is 0 Å². The first kappa shape index (κ1) is 12.5. The molecule has 1 N–H and O–H groups in total. The fraction of sp³-hybridized carbons (Fsp3) is 0.714. The predicted octanol–water partition coefficient (Wildman–Crippen LogP) is 2.44. The van der Waals surface area contributed by atoms with Gasteiger partial charge in [-0.3, -0.25) is 0 Å². The average molecular weight is 233 g/mol. The van der Waals surface area contributed by atoms with Gasteiger partial charge in [0, 0.05) is 13.0 Å². The Morgan fingerprint density at radius 3 is 2.59 bits per heavy atom. The van der Waals surface area contributed by atoms with Gasteiger partial charge in [-0.15, -0.1) is 0 Å². The van der Waals surface area contributed by atoms with Crippen LogP contribution in [-0.2, 0) is 19.4 Å². The van der Waals surface area contributed by atoms with E-state index in [-0.39, 0.29) is 0 Å².